The number of H-pyrrole nitrogens is 1. The van der Waals surface area contributed by atoms with Crippen LogP contribution in [0.3, 0.4) is 0 Å². The molecule has 7 heteroatoms. The van der Waals surface area contributed by atoms with Gasteiger partial charge in [0.2, 0.25) is 10.6 Å². The second-order valence-electron chi connectivity index (χ2n) is 3.91. The smallest absolute Gasteiger partial charge is 0.216 e. The molecule has 98 valence electrons. The first-order chi connectivity index (χ1) is 9.84. The topological polar surface area (TPSA) is 71.8 Å². The molecule has 3 heterocycles. The van der Waals surface area contributed by atoms with Gasteiger partial charge in [-0.2, -0.15) is 14.9 Å². The minimum atomic E-state index is 0.408. The third-order valence-electron chi connectivity index (χ3n) is 2.55. The molecule has 1 N–H and O–H groups in total. The maximum atomic E-state index is 5.18. The van der Waals surface area contributed by atoms with Crippen molar-refractivity contribution >= 4 is 18.4 Å². The molecule has 0 radical (unpaired) electrons. The van der Waals surface area contributed by atoms with Crippen LogP contribution < -0.4 is 0 Å². The Hall–Kier alpha value is -2.67. The number of hydrogen-bond acceptors (Lipinski definition) is 5. The van der Waals surface area contributed by atoms with E-state index in [9.17, 15) is 0 Å². The van der Waals surface area contributed by atoms with Crippen LogP contribution in [-0.4, -0.2) is 31.1 Å². The summed E-state index contributed by atoms with van der Waals surface area (Å²) >= 11 is 5.18. The van der Waals surface area contributed by atoms with Crippen LogP contribution >= 0.6 is 12.2 Å². The van der Waals surface area contributed by atoms with E-state index in [4.69, 9.17) is 12.2 Å². The maximum Gasteiger partial charge on any atom is 0.216 e. The fraction of sp³-hybridized carbons (Fsp3) is 0. The fourth-order valence-electron chi connectivity index (χ4n) is 1.64. The lowest BCUT2D eigenvalue weighted by Gasteiger charge is -1.99. The van der Waals surface area contributed by atoms with Crippen molar-refractivity contribution in [3.63, 3.8) is 0 Å². The van der Waals surface area contributed by atoms with Crippen LogP contribution in [0.2, 0.25) is 0 Å². The van der Waals surface area contributed by atoms with E-state index < -0.39 is 0 Å². The second-order valence-corrected chi connectivity index (χ2v) is 4.30. The molecule has 0 saturated heterocycles. The molecule has 3 rings (SSSR count). The lowest BCUT2D eigenvalue weighted by molar-refractivity contribution is 0.867. The number of nitrogens with one attached hydrogen (secondary N) is 1. The third-order valence-corrected chi connectivity index (χ3v) is 2.82. The molecule has 0 aliphatic rings. The van der Waals surface area contributed by atoms with Gasteiger partial charge in [0.05, 0.1) is 6.21 Å². The molecule has 0 bridgehead atoms. The van der Waals surface area contributed by atoms with Gasteiger partial charge in [0.15, 0.2) is 0 Å². The summed E-state index contributed by atoms with van der Waals surface area (Å²) in [4.78, 5) is 8.27. The number of pyridine rings is 2. The number of nitrogens with zero attached hydrogens (tertiary/aromatic N) is 5. The summed E-state index contributed by atoms with van der Waals surface area (Å²) in [6, 6.07) is 9.32. The van der Waals surface area contributed by atoms with Gasteiger partial charge in [-0.15, -0.1) is 0 Å². The van der Waals surface area contributed by atoms with Crippen LogP contribution in [0.15, 0.2) is 54.0 Å². The van der Waals surface area contributed by atoms with E-state index in [0.717, 1.165) is 5.56 Å². The Morgan fingerprint density at radius 3 is 2.90 bits per heavy atom. The normalized spacial score (nSPS) is 11.0. The van der Waals surface area contributed by atoms with Crippen molar-refractivity contribution in [3.8, 4) is 11.5 Å². The molecule has 0 unspecified atom stereocenters. The second kappa shape index (κ2) is 5.54. The zero-order valence-electron chi connectivity index (χ0n) is 10.3. The summed E-state index contributed by atoms with van der Waals surface area (Å²) in [7, 11) is 0. The average molecular weight is 282 g/mol. The molecule has 0 aliphatic carbocycles. The summed E-state index contributed by atoms with van der Waals surface area (Å²) in [5.41, 5.74) is 1.57. The van der Waals surface area contributed by atoms with Crippen LogP contribution in [0.5, 0.6) is 0 Å². The van der Waals surface area contributed by atoms with E-state index in [1.165, 1.54) is 4.68 Å². The molecule has 20 heavy (non-hydrogen) atoms. The summed E-state index contributed by atoms with van der Waals surface area (Å²) in [5, 5.41) is 11.2. The standard InChI is InChI=1S/C13H10N6S/c20-13-18-17-12(11-5-1-2-7-15-11)19(13)16-9-10-4-3-6-14-8-10/h1-9H,(H,18,20). The van der Waals surface area contributed by atoms with Gasteiger partial charge in [-0.05, 0) is 30.4 Å². The van der Waals surface area contributed by atoms with E-state index in [2.05, 4.69) is 25.3 Å². The third kappa shape index (κ3) is 2.52. The molecule has 0 aromatic carbocycles. The van der Waals surface area contributed by atoms with E-state index in [-0.39, 0.29) is 0 Å². The van der Waals surface area contributed by atoms with Crippen molar-refractivity contribution in [2.75, 3.05) is 0 Å². The van der Waals surface area contributed by atoms with Crippen molar-refractivity contribution in [2.24, 2.45) is 5.10 Å². The molecular formula is C13H10N6S. The van der Waals surface area contributed by atoms with E-state index in [1.54, 1.807) is 24.8 Å². The molecular weight excluding hydrogens is 272 g/mol. The summed E-state index contributed by atoms with van der Waals surface area (Å²) in [6.45, 7) is 0. The van der Waals surface area contributed by atoms with Gasteiger partial charge in [0, 0.05) is 24.2 Å². The predicted octanol–water partition coefficient (Wildman–Crippen LogP) is 2.28. The molecule has 0 aliphatic heterocycles. The van der Waals surface area contributed by atoms with Gasteiger partial charge >= 0.3 is 0 Å². The first-order valence-electron chi connectivity index (χ1n) is 5.88. The number of aromatic nitrogens is 5. The predicted molar refractivity (Wildman–Crippen MR) is 77.9 cm³/mol. The maximum absolute atomic E-state index is 5.18. The lowest BCUT2D eigenvalue weighted by Crippen LogP contribution is -1.96. The van der Waals surface area contributed by atoms with Crippen LogP contribution in [0.1, 0.15) is 5.56 Å². The van der Waals surface area contributed by atoms with E-state index in [1.807, 2.05) is 30.3 Å². The van der Waals surface area contributed by atoms with Crippen molar-refractivity contribution < 1.29 is 0 Å². The van der Waals surface area contributed by atoms with Crippen LogP contribution in [0, 0.1) is 4.77 Å². The minimum absolute atomic E-state index is 0.408. The Bertz CT molecular complexity index is 775. The molecule has 0 saturated carbocycles. The molecule has 3 aromatic rings. The summed E-state index contributed by atoms with van der Waals surface area (Å²) in [6.07, 6.45) is 6.79. The van der Waals surface area contributed by atoms with E-state index >= 15 is 0 Å². The highest BCUT2D eigenvalue weighted by molar-refractivity contribution is 7.71. The summed E-state index contributed by atoms with van der Waals surface area (Å²) in [5.74, 6) is 0.566. The zero-order valence-corrected chi connectivity index (χ0v) is 11.2. The quantitative estimate of drug-likeness (QED) is 0.591. The minimum Gasteiger partial charge on any atom is -0.264 e. The van der Waals surface area contributed by atoms with Gasteiger partial charge < -0.3 is 0 Å². The Labute approximate surface area is 119 Å². The van der Waals surface area contributed by atoms with E-state index in [0.29, 0.717) is 16.3 Å². The summed E-state index contributed by atoms with van der Waals surface area (Å²) < 4.78 is 1.94. The largest absolute Gasteiger partial charge is 0.264 e. The fourth-order valence-corrected chi connectivity index (χ4v) is 1.82. The highest BCUT2D eigenvalue weighted by Gasteiger charge is 2.08. The molecule has 0 atom stereocenters. The van der Waals surface area contributed by atoms with Gasteiger partial charge in [-0.25, -0.2) is 5.10 Å². The van der Waals surface area contributed by atoms with Crippen LogP contribution in [0.4, 0.5) is 0 Å². The zero-order chi connectivity index (χ0) is 13.8. The van der Waals surface area contributed by atoms with Crippen molar-refractivity contribution in [3.05, 3.63) is 59.3 Å². The molecule has 0 fully saturated rings. The van der Waals surface area contributed by atoms with Crippen molar-refractivity contribution in [1.82, 2.24) is 24.8 Å². The Morgan fingerprint density at radius 2 is 2.15 bits per heavy atom. The number of rotatable bonds is 3. The first kappa shape index (κ1) is 12.4. The van der Waals surface area contributed by atoms with Crippen molar-refractivity contribution in [1.29, 1.82) is 0 Å². The monoisotopic (exact) mass is 282 g/mol. The first-order valence-corrected chi connectivity index (χ1v) is 6.28. The lowest BCUT2D eigenvalue weighted by atomic mass is 10.3. The molecule has 3 aromatic heterocycles. The highest BCUT2D eigenvalue weighted by atomic mass is 32.1. The SMILES string of the molecule is S=c1[nH]nc(-c2ccccn2)n1N=Cc1cccnc1. The van der Waals surface area contributed by atoms with Gasteiger partial charge in [0.1, 0.15) is 5.69 Å². The average Bonchev–Trinajstić information content (AvgIpc) is 2.88. The Morgan fingerprint density at radius 1 is 1.20 bits per heavy atom. The number of hydrogen-bond donors (Lipinski definition) is 1. The van der Waals surface area contributed by atoms with Gasteiger partial charge in [0.25, 0.3) is 0 Å². The Balaban J connectivity index is 2.01. The van der Waals surface area contributed by atoms with Gasteiger partial charge in [-0.3, -0.25) is 9.97 Å². The van der Waals surface area contributed by atoms with Gasteiger partial charge in [-0.1, -0.05) is 12.1 Å². The van der Waals surface area contributed by atoms with Crippen molar-refractivity contribution in [2.45, 2.75) is 0 Å². The molecule has 6 nitrogen and oxygen atoms in total. The molecule has 0 amide bonds. The van der Waals surface area contributed by atoms with Crippen LogP contribution in [-0.2, 0) is 0 Å². The Kier molecular flexibility index (Phi) is 3.42. The molecule has 0 spiro atoms. The van der Waals surface area contributed by atoms with Crippen LogP contribution in [0.25, 0.3) is 11.5 Å². The highest BCUT2D eigenvalue weighted by Crippen LogP contribution is 2.13. The number of aromatic amines is 1.